The predicted octanol–water partition coefficient (Wildman–Crippen LogP) is 2.91. The number of ether oxygens (including phenoxy) is 1. The maximum Gasteiger partial charge on any atom is 0.258 e. The van der Waals surface area contributed by atoms with Crippen molar-refractivity contribution in [2.24, 2.45) is 0 Å². The van der Waals surface area contributed by atoms with Gasteiger partial charge >= 0.3 is 0 Å². The van der Waals surface area contributed by atoms with Crippen LogP contribution in [0.2, 0.25) is 0 Å². The number of piperidine rings is 1. The van der Waals surface area contributed by atoms with Gasteiger partial charge in [-0.1, -0.05) is 23.8 Å². The fourth-order valence-electron chi connectivity index (χ4n) is 3.18. The second kappa shape index (κ2) is 8.27. The van der Waals surface area contributed by atoms with E-state index >= 15 is 0 Å². The van der Waals surface area contributed by atoms with E-state index < -0.39 is 11.6 Å². The molecule has 2 N–H and O–H groups in total. The van der Waals surface area contributed by atoms with Gasteiger partial charge in [0.25, 0.3) is 5.91 Å². The number of carbonyl (C=O) groups is 1. The molecule has 1 amide bonds. The maximum absolute atomic E-state index is 13.6. The van der Waals surface area contributed by atoms with Crippen LogP contribution in [0.1, 0.15) is 23.5 Å². The maximum atomic E-state index is 13.6. The molecule has 1 aliphatic heterocycles. The van der Waals surface area contributed by atoms with Gasteiger partial charge < -0.3 is 15.4 Å². The van der Waals surface area contributed by atoms with E-state index in [0.29, 0.717) is 17.9 Å². The molecular formula is C20H22F2N2O2. The Morgan fingerprint density at radius 3 is 2.69 bits per heavy atom. The van der Waals surface area contributed by atoms with Crippen molar-refractivity contribution in [1.82, 2.24) is 10.6 Å². The second-order valence-electron chi connectivity index (χ2n) is 6.55. The number of hydrogen-bond acceptors (Lipinski definition) is 3. The second-order valence-corrected chi connectivity index (χ2v) is 6.55. The normalized spacial score (nSPS) is 19.8. The summed E-state index contributed by atoms with van der Waals surface area (Å²) in [7, 11) is 0. The molecule has 1 aliphatic rings. The molecule has 2 unspecified atom stereocenters. The number of amides is 1. The van der Waals surface area contributed by atoms with Crippen LogP contribution < -0.4 is 15.4 Å². The highest BCUT2D eigenvalue weighted by molar-refractivity contribution is 5.78. The number of hydrogen-bond donors (Lipinski definition) is 2. The Bertz CT molecular complexity index is 765. The molecule has 0 bridgehead atoms. The highest BCUT2D eigenvalue weighted by atomic mass is 19.2. The molecule has 0 radical (unpaired) electrons. The molecule has 1 saturated heterocycles. The Hall–Kier alpha value is -2.47. The molecule has 0 aromatic heterocycles. The average Bonchev–Trinajstić information content (AvgIpc) is 2.64. The van der Waals surface area contributed by atoms with Gasteiger partial charge in [-0.25, -0.2) is 8.78 Å². The number of rotatable bonds is 5. The first-order chi connectivity index (χ1) is 12.5. The zero-order valence-corrected chi connectivity index (χ0v) is 14.6. The first-order valence-electron chi connectivity index (χ1n) is 8.67. The highest BCUT2D eigenvalue weighted by Crippen LogP contribution is 2.27. The lowest BCUT2D eigenvalue weighted by Gasteiger charge is -2.33. The number of nitrogens with one attached hydrogen (secondary N) is 2. The molecule has 2 aromatic rings. The zero-order valence-electron chi connectivity index (χ0n) is 14.6. The van der Waals surface area contributed by atoms with Crippen LogP contribution in [-0.4, -0.2) is 31.6 Å². The van der Waals surface area contributed by atoms with Crippen LogP contribution in [0.5, 0.6) is 5.75 Å². The van der Waals surface area contributed by atoms with Gasteiger partial charge in [0.2, 0.25) is 0 Å². The summed E-state index contributed by atoms with van der Waals surface area (Å²) in [6.45, 7) is 3.21. The summed E-state index contributed by atoms with van der Waals surface area (Å²) in [5, 5.41) is 6.16. The van der Waals surface area contributed by atoms with Gasteiger partial charge in [0, 0.05) is 18.5 Å². The Labute approximate surface area is 151 Å². The Morgan fingerprint density at radius 1 is 1.19 bits per heavy atom. The van der Waals surface area contributed by atoms with Crippen LogP contribution in [0, 0.1) is 18.6 Å². The van der Waals surface area contributed by atoms with E-state index in [1.54, 1.807) is 6.07 Å². The summed E-state index contributed by atoms with van der Waals surface area (Å²) in [6, 6.07) is 11.2. The molecule has 6 heteroatoms. The van der Waals surface area contributed by atoms with Gasteiger partial charge in [-0.05, 0) is 49.7 Å². The Kier molecular flexibility index (Phi) is 5.83. The van der Waals surface area contributed by atoms with Crippen molar-refractivity contribution in [2.75, 3.05) is 19.7 Å². The molecular weight excluding hydrogens is 338 g/mol. The highest BCUT2D eigenvalue weighted by Gasteiger charge is 2.28. The Balaban J connectivity index is 1.61. The third kappa shape index (κ3) is 4.58. The van der Waals surface area contributed by atoms with Crippen LogP contribution >= 0.6 is 0 Å². The molecule has 0 saturated carbocycles. The monoisotopic (exact) mass is 360 g/mol. The first kappa shape index (κ1) is 18.3. The fraction of sp³-hybridized carbons (Fsp3) is 0.350. The minimum Gasteiger partial charge on any atom is -0.484 e. The Morgan fingerprint density at radius 2 is 1.96 bits per heavy atom. The van der Waals surface area contributed by atoms with E-state index in [4.69, 9.17) is 4.74 Å². The standard InChI is InChI=1S/C20H22F2N2O2/c1-13-2-5-15(6-3-13)26-12-20(25)24-19-11-23-9-8-16(19)14-4-7-17(21)18(22)10-14/h2-7,10,16,19,23H,8-9,11-12H2,1H3,(H,24,25). The molecule has 1 fully saturated rings. The van der Waals surface area contributed by atoms with E-state index in [-0.39, 0.29) is 24.5 Å². The lowest BCUT2D eigenvalue weighted by molar-refractivity contribution is -0.124. The first-order valence-corrected chi connectivity index (χ1v) is 8.67. The van der Waals surface area contributed by atoms with Crippen LogP contribution in [0.4, 0.5) is 8.78 Å². The minimum absolute atomic E-state index is 0.0744. The van der Waals surface area contributed by atoms with Crippen molar-refractivity contribution in [3.8, 4) is 5.75 Å². The SMILES string of the molecule is Cc1ccc(OCC(=O)NC2CNCCC2c2ccc(F)c(F)c2)cc1. The van der Waals surface area contributed by atoms with Crippen molar-refractivity contribution in [3.63, 3.8) is 0 Å². The predicted molar refractivity (Wildman–Crippen MR) is 95.2 cm³/mol. The molecule has 2 atom stereocenters. The smallest absolute Gasteiger partial charge is 0.258 e. The van der Waals surface area contributed by atoms with Crippen LogP contribution in [0.25, 0.3) is 0 Å². The van der Waals surface area contributed by atoms with Crippen molar-refractivity contribution >= 4 is 5.91 Å². The minimum atomic E-state index is -0.867. The molecule has 138 valence electrons. The molecule has 1 heterocycles. The number of halogens is 2. The van der Waals surface area contributed by atoms with Crippen LogP contribution in [0.3, 0.4) is 0 Å². The quantitative estimate of drug-likeness (QED) is 0.862. The average molecular weight is 360 g/mol. The summed E-state index contributed by atoms with van der Waals surface area (Å²) >= 11 is 0. The molecule has 26 heavy (non-hydrogen) atoms. The van der Waals surface area contributed by atoms with Crippen molar-refractivity contribution in [3.05, 3.63) is 65.2 Å². The number of benzene rings is 2. The van der Waals surface area contributed by atoms with Gasteiger partial charge in [0.1, 0.15) is 5.75 Å². The third-order valence-electron chi connectivity index (χ3n) is 4.59. The molecule has 4 nitrogen and oxygen atoms in total. The van der Waals surface area contributed by atoms with Crippen molar-refractivity contribution in [1.29, 1.82) is 0 Å². The molecule has 3 rings (SSSR count). The van der Waals surface area contributed by atoms with E-state index in [1.807, 2.05) is 31.2 Å². The topological polar surface area (TPSA) is 50.4 Å². The number of aryl methyl sites for hydroxylation is 1. The van der Waals surface area contributed by atoms with E-state index in [0.717, 1.165) is 24.6 Å². The van der Waals surface area contributed by atoms with Crippen LogP contribution in [-0.2, 0) is 4.79 Å². The summed E-state index contributed by atoms with van der Waals surface area (Å²) in [5.41, 5.74) is 1.81. The largest absolute Gasteiger partial charge is 0.484 e. The molecule has 0 aliphatic carbocycles. The van der Waals surface area contributed by atoms with Gasteiger partial charge in [-0.15, -0.1) is 0 Å². The summed E-state index contributed by atoms with van der Waals surface area (Å²) < 4.78 is 32.2. The molecule has 2 aromatic carbocycles. The lowest BCUT2D eigenvalue weighted by atomic mass is 9.86. The summed E-state index contributed by atoms with van der Waals surface area (Å²) in [5.74, 6) is -1.42. The van der Waals surface area contributed by atoms with E-state index in [9.17, 15) is 13.6 Å². The van der Waals surface area contributed by atoms with E-state index in [2.05, 4.69) is 10.6 Å². The van der Waals surface area contributed by atoms with Gasteiger partial charge in [0.15, 0.2) is 18.2 Å². The summed E-state index contributed by atoms with van der Waals surface area (Å²) in [6.07, 6.45) is 0.731. The zero-order chi connectivity index (χ0) is 18.5. The van der Waals surface area contributed by atoms with E-state index in [1.165, 1.54) is 6.07 Å². The lowest BCUT2D eigenvalue weighted by Crippen LogP contribution is -2.51. The van der Waals surface area contributed by atoms with Gasteiger partial charge in [0.05, 0.1) is 0 Å². The van der Waals surface area contributed by atoms with Gasteiger partial charge in [-0.3, -0.25) is 4.79 Å². The fourth-order valence-corrected chi connectivity index (χ4v) is 3.18. The van der Waals surface area contributed by atoms with Gasteiger partial charge in [-0.2, -0.15) is 0 Å². The van der Waals surface area contributed by atoms with Crippen molar-refractivity contribution < 1.29 is 18.3 Å². The summed E-state index contributed by atoms with van der Waals surface area (Å²) in [4.78, 5) is 12.3. The van der Waals surface area contributed by atoms with Crippen LogP contribution in [0.15, 0.2) is 42.5 Å². The molecule has 0 spiro atoms. The third-order valence-corrected chi connectivity index (χ3v) is 4.59. The van der Waals surface area contributed by atoms with Crippen molar-refractivity contribution in [2.45, 2.75) is 25.3 Å². The number of carbonyl (C=O) groups excluding carboxylic acids is 1.